The van der Waals surface area contributed by atoms with Gasteiger partial charge in [0, 0.05) is 29.7 Å². The average Bonchev–Trinajstić information content (AvgIpc) is 3.30. The standard InChI is InChI=1S/C25H44N5O8P/c1-4-5-6-7-8-9-10-11-12-13-14-35-20(3)17-36-39(33,34)37-18-22-21(28-29-26)15-23(38-22)30-16-19(2)24(31)27-25(30)32/h16,20-23H,4-15,17-18H2,1-3H3,(H,33,34)(H,27,31,32)/t20-,21-,22+,23+/m0/s1. The van der Waals surface area contributed by atoms with Crippen molar-refractivity contribution in [2.24, 2.45) is 5.11 Å². The molecule has 0 radical (unpaired) electrons. The third-order valence-electron chi connectivity index (χ3n) is 6.63. The van der Waals surface area contributed by atoms with E-state index in [1.54, 1.807) is 6.92 Å². The molecule has 2 rings (SSSR count). The number of nitrogens with one attached hydrogen (secondary N) is 1. The van der Waals surface area contributed by atoms with Crippen molar-refractivity contribution in [3.05, 3.63) is 43.0 Å². The summed E-state index contributed by atoms with van der Waals surface area (Å²) in [7, 11) is -4.44. The number of azide groups is 1. The van der Waals surface area contributed by atoms with Crippen molar-refractivity contribution in [2.75, 3.05) is 19.8 Å². The number of hydrogen-bond acceptors (Lipinski definition) is 8. The highest BCUT2D eigenvalue weighted by molar-refractivity contribution is 7.47. The van der Waals surface area contributed by atoms with E-state index >= 15 is 0 Å². The van der Waals surface area contributed by atoms with Crippen molar-refractivity contribution >= 4 is 7.82 Å². The minimum atomic E-state index is -4.44. The summed E-state index contributed by atoms with van der Waals surface area (Å²) in [5, 5.41) is 3.66. The molecule has 14 heteroatoms. The maximum atomic E-state index is 12.4. The normalized spacial score (nSPS) is 21.4. The van der Waals surface area contributed by atoms with E-state index in [1.807, 2.05) is 0 Å². The zero-order valence-electron chi connectivity index (χ0n) is 23.3. The molecular weight excluding hydrogens is 529 g/mol. The summed E-state index contributed by atoms with van der Waals surface area (Å²) in [6.45, 7) is 5.53. The first-order chi connectivity index (χ1) is 18.7. The molecule has 1 fully saturated rings. The Morgan fingerprint density at radius 3 is 2.46 bits per heavy atom. The molecule has 1 aromatic heterocycles. The van der Waals surface area contributed by atoms with Crippen LogP contribution in [0.3, 0.4) is 0 Å². The van der Waals surface area contributed by atoms with Crippen LogP contribution in [0, 0.1) is 6.92 Å². The highest BCUT2D eigenvalue weighted by Crippen LogP contribution is 2.44. The van der Waals surface area contributed by atoms with Gasteiger partial charge in [-0.1, -0.05) is 69.8 Å². The molecule has 13 nitrogen and oxygen atoms in total. The van der Waals surface area contributed by atoms with Crippen LogP contribution >= 0.6 is 7.82 Å². The van der Waals surface area contributed by atoms with Gasteiger partial charge in [-0.15, -0.1) is 0 Å². The molecule has 5 atom stereocenters. The topological polar surface area (TPSA) is 178 Å². The molecule has 1 unspecified atom stereocenters. The molecular formula is C25H44N5O8P. The molecule has 39 heavy (non-hydrogen) atoms. The van der Waals surface area contributed by atoms with Crippen LogP contribution in [-0.2, 0) is 23.1 Å². The Morgan fingerprint density at radius 2 is 1.82 bits per heavy atom. The van der Waals surface area contributed by atoms with Gasteiger partial charge < -0.3 is 14.4 Å². The summed E-state index contributed by atoms with van der Waals surface area (Å²) >= 11 is 0. The molecule has 0 bridgehead atoms. The highest BCUT2D eigenvalue weighted by atomic mass is 31.2. The fourth-order valence-corrected chi connectivity index (χ4v) is 5.16. The SMILES string of the molecule is CCCCCCCCCCCCO[C@@H](C)COP(=O)(O)OC[C@H]1O[C@@H](n2cc(C)c(=O)[nH]c2=O)C[C@@H]1N=[N+]=[N-]. The first kappa shape index (κ1) is 33.2. The second-order valence-corrected chi connectivity index (χ2v) is 11.5. The quantitative estimate of drug-likeness (QED) is 0.0696. The van der Waals surface area contributed by atoms with Gasteiger partial charge in [-0.2, -0.15) is 0 Å². The minimum absolute atomic E-state index is 0.115. The number of aryl methyl sites for hydroxylation is 1. The monoisotopic (exact) mass is 573 g/mol. The summed E-state index contributed by atoms with van der Waals surface area (Å²) in [6, 6.07) is -0.762. The van der Waals surface area contributed by atoms with Crippen molar-refractivity contribution in [3.8, 4) is 0 Å². The number of nitrogens with zero attached hydrogens (tertiary/aromatic N) is 4. The zero-order chi connectivity index (χ0) is 28.7. The van der Waals surface area contributed by atoms with Gasteiger partial charge in [-0.3, -0.25) is 23.4 Å². The first-order valence-corrected chi connectivity index (χ1v) is 15.4. The van der Waals surface area contributed by atoms with E-state index in [4.69, 9.17) is 24.1 Å². The number of hydrogen-bond donors (Lipinski definition) is 2. The third-order valence-corrected chi connectivity index (χ3v) is 7.59. The second kappa shape index (κ2) is 17.7. The van der Waals surface area contributed by atoms with Crippen molar-refractivity contribution < 1.29 is 28.0 Å². The Balaban J connectivity index is 1.68. The zero-order valence-corrected chi connectivity index (χ0v) is 24.2. The number of aromatic nitrogens is 2. The average molecular weight is 574 g/mol. The first-order valence-electron chi connectivity index (χ1n) is 13.9. The molecule has 0 amide bonds. The number of aromatic amines is 1. The maximum Gasteiger partial charge on any atom is 0.472 e. The highest BCUT2D eigenvalue weighted by Gasteiger charge is 2.38. The molecule has 0 spiro atoms. The number of ether oxygens (including phenoxy) is 2. The number of H-pyrrole nitrogens is 1. The summed E-state index contributed by atoms with van der Waals surface area (Å²) in [4.78, 5) is 38.9. The smallest absolute Gasteiger partial charge is 0.376 e. The predicted molar refractivity (Wildman–Crippen MR) is 147 cm³/mol. The van der Waals surface area contributed by atoms with Crippen LogP contribution in [0.25, 0.3) is 10.4 Å². The molecule has 1 aliphatic rings. The lowest BCUT2D eigenvalue weighted by atomic mass is 10.1. The van der Waals surface area contributed by atoms with Crippen LogP contribution in [0.4, 0.5) is 0 Å². The van der Waals surface area contributed by atoms with E-state index in [1.165, 1.54) is 69.1 Å². The van der Waals surface area contributed by atoms with Crippen molar-refractivity contribution in [2.45, 2.75) is 116 Å². The lowest BCUT2D eigenvalue weighted by Crippen LogP contribution is -2.33. The fourth-order valence-electron chi connectivity index (χ4n) is 4.35. The molecule has 0 aliphatic carbocycles. The molecule has 2 heterocycles. The van der Waals surface area contributed by atoms with Crippen LogP contribution in [0.1, 0.15) is 96.3 Å². The number of phosphoric acid groups is 1. The van der Waals surface area contributed by atoms with Gasteiger partial charge in [-0.25, -0.2) is 9.36 Å². The van der Waals surface area contributed by atoms with Gasteiger partial charge >= 0.3 is 13.5 Å². The third kappa shape index (κ3) is 12.4. The number of unbranched alkanes of at least 4 members (excludes halogenated alkanes) is 9. The Kier molecular flexibility index (Phi) is 15.0. The Bertz CT molecular complexity index is 1070. The van der Waals surface area contributed by atoms with E-state index < -0.39 is 50.2 Å². The molecule has 222 valence electrons. The lowest BCUT2D eigenvalue weighted by molar-refractivity contribution is -0.0317. The van der Waals surface area contributed by atoms with E-state index in [0.717, 1.165) is 12.8 Å². The van der Waals surface area contributed by atoms with Gasteiger partial charge in [-0.05, 0) is 25.8 Å². The summed E-state index contributed by atoms with van der Waals surface area (Å²) in [5.74, 6) is 0. The van der Waals surface area contributed by atoms with Crippen molar-refractivity contribution in [1.82, 2.24) is 9.55 Å². The molecule has 2 N–H and O–H groups in total. The van der Waals surface area contributed by atoms with Gasteiger partial charge in [0.1, 0.15) is 6.23 Å². The van der Waals surface area contributed by atoms with Crippen LogP contribution in [-0.4, -0.2) is 52.5 Å². The van der Waals surface area contributed by atoms with Crippen LogP contribution < -0.4 is 11.2 Å². The Hall–Kier alpha value is -1.98. The lowest BCUT2D eigenvalue weighted by Gasteiger charge is -2.20. The minimum Gasteiger partial charge on any atom is -0.376 e. The summed E-state index contributed by atoms with van der Waals surface area (Å²) in [6.07, 6.45) is 11.6. The molecule has 1 aromatic rings. The number of rotatable bonds is 20. The van der Waals surface area contributed by atoms with Crippen LogP contribution in [0.15, 0.2) is 20.9 Å². The van der Waals surface area contributed by atoms with Crippen LogP contribution in [0.2, 0.25) is 0 Å². The summed E-state index contributed by atoms with van der Waals surface area (Å²) in [5.41, 5.74) is 8.00. The summed E-state index contributed by atoms with van der Waals surface area (Å²) < 4.78 is 35.2. The number of phosphoric ester groups is 1. The Morgan fingerprint density at radius 1 is 1.18 bits per heavy atom. The van der Waals surface area contributed by atoms with E-state index in [-0.39, 0.29) is 13.0 Å². The van der Waals surface area contributed by atoms with Gasteiger partial charge in [0.05, 0.1) is 31.5 Å². The predicted octanol–water partition coefficient (Wildman–Crippen LogP) is 5.27. The Labute approximate surface area is 229 Å². The van der Waals surface area contributed by atoms with E-state index in [2.05, 4.69) is 21.9 Å². The largest absolute Gasteiger partial charge is 0.472 e. The van der Waals surface area contributed by atoms with Gasteiger partial charge in [0.25, 0.3) is 5.56 Å². The fraction of sp³-hybridized carbons (Fsp3) is 0.840. The molecule has 1 saturated heterocycles. The molecule has 0 saturated carbocycles. The van der Waals surface area contributed by atoms with Gasteiger partial charge in [0.15, 0.2) is 0 Å². The van der Waals surface area contributed by atoms with E-state index in [9.17, 15) is 19.0 Å². The molecule has 1 aliphatic heterocycles. The van der Waals surface area contributed by atoms with E-state index in [0.29, 0.717) is 12.2 Å². The maximum absolute atomic E-state index is 12.4. The van der Waals surface area contributed by atoms with Crippen molar-refractivity contribution in [3.63, 3.8) is 0 Å². The van der Waals surface area contributed by atoms with Crippen LogP contribution in [0.5, 0.6) is 0 Å². The van der Waals surface area contributed by atoms with Crippen molar-refractivity contribution in [1.29, 1.82) is 0 Å². The molecule has 0 aromatic carbocycles. The van der Waals surface area contributed by atoms with Gasteiger partial charge in [0.2, 0.25) is 0 Å². The second-order valence-electron chi connectivity index (χ2n) is 10.0.